The van der Waals surface area contributed by atoms with Crippen molar-refractivity contribution in [1.82, 2.24) is 0 Å². The quantitative estimate of drug-likeness (QED) is 0.821. The maximum absolute atomic E-state index is 13.4. The number of aliphatic hydroxyl groups excluding tert-OH is 1. The van der Waals surface area contributed by atoms with Crippen LogP contribution in [-0.4, -0.2) is 11.2 Å². The fourth-order valence-electron chi connectivity index (χ4n) is 2.36. The number of benzene rings is 1. The summed E-state index contributed by atoms with van der Waals surface area (Å²) in [5.74, 6) is -0.334. The zero-order valence-electron chi connectivity index (χ0n) is 9.13. The number of rotatable bonds is 2. The van der Waals surface area contributed by atoms with Gasteiger partial charge in [0.05, 0.1) is 6.10 Å². The standard InChI is InChI=1S/C13H16F2O/c14-11-3-6-13(15)10(8-11)7-9-1-4-12(16)5-2-9/h3,6,8-9,12,16H,1-2,4-5,7H2. The van der Waals surface area contributed by atoms with Crippen molar-refractivity contribution in [3.63, 3.8) is 0 Å². The van der Waals surface area contributed by atoms with E-state index in [2.05, 4.69) is 0 Å². The Bertz CT molecular complexity index is 357. The Labute approximate surface area is 94.1 Å². The van der Waals surface area contributed by atoms with E-state index < -0.39 is 0 Å². The normalized spacial score (nSPS) is 25.7. The van der Waals surface area contributed by atoms with Gasteiger partial charge in [-0.3, -0.25) is 0 Å². The lowest BCUT2D eigenvalue weighted by molar-refractivity contribution is 0.108. The van der Waals surface area contributed by atoms with Crippen molar-refractivity contribution in [3.05, 3.63) is 35.4 Å². The van der Waals surface area contributed by atoms with E-state index in [1.807, 2.05) is 0 Å². The Morgan fingerprint density at radius 1 is 1.12 bits per heavy atom. The molecule has 0 bridgehead atoms. The molecule has 1 nitrogen and oxygen atoms in total. The summed E-state index contributed by atoms with van der Waals surface area (Å²) in [5, 5.41) is 9.36. The van der Waals surface area contributed by atoms with Crippen LogP contribution in [0.3, 0.4) is 0 Å². The molecule has 0 spiro atoms. The van der Waals surface area contributed by atoms with Gasteiger partial charge in [-0.2, -0.15) is 0 Å². The topological polar surface area (TPSA) is 20.2 Å². The number of hydrogen-bond donors (Lipinski definition) is 1. The van der Waals surface area contributed by atoms with Gasteiger partial charge in [-0.1, -0.05) is 0 Å². The van der Waals surface area contributed by atoms with Crippen molar-refractivity contribution in [1.29, 1.82) is 0 Å². The molecule has 1 saturated carbocycles. The van der Waals surface area contributed by atoms with Gasteiger partial charge in [-0.15, -0.1) is 0 Å². The summed E-state index contributed by atoms with van der Waals surface area (Å²) in [6, 6.07) is 3.60. The molecular weight excluding hydrogens is 210 g/mol. The van der Waals surface area contributed by atoms with Crippen LogP contribution in [-0.2, 0) is 6.42 Å². The molecule has 0 unspecified atom stereocenters. The molecule has 1 aromatic rings. The van der Waals surface area contributed by atoms with Crippen molar-refractivity contribution < 1.29 is 13.9 Å². The summed E-state index contributed by atoms with van der Waals surface area (Å²) in [6.07, 6.45) is 3.74. The molecule has 1 aliphatic carbocycles. The van der Waals surface area contributed by atoms with Gasteiger partial charge in [0.2, 0.25) is 0 Å². The molecule has 0 atom stereocenters. The van der Waals surface area contributed by atoms with Gasteiger partial charge in [0.25, 0.3) is 0 Å². The summed E-state index contributed by atoms with van der Waals surface area (Å²) >= 11 is 0. The van der Waals surface area contributed by atoms with Gasteiger partial charge < -0.3 is 5.11 Å². The van der Waals surface area contributed by atoms with E-state index in [1.54, 1.807) is 0 Å². The minimum absolute atomic E-state index is 0.200. The highest BCUT2D eigenvalue weighted by atomic mass is 19.1. The Kier molecular flexibility index (Phi) is 3.54. The van der Waals surface area contributed by atoms with Crippen molar-refractivity contribution in [2.24, 2.45) is 5.92 Å². The lowest BCUT2D eigenvalue weighted by Crippen LogP contribution is -2.19. The molecule has 1 N–H and O–H groups in total. The van der Waals surface area contributed by atoms with Crippen molar-refractivity contribution >= 4 is 0 Å². The third-order valence-corrected chi connectivity index (χ3v) is 3.33. The Morgan fingerprint density at radius 3 is 2.50 bits per heavy atom. The highest BCUT2D eigenvalue weighted by Crippen LogP contribution is 2.28. The smallest absolute Gasteiger partial charge is 0.126 e. The van der Waals surface area contributed by atoms with Crippen LogP contribution in [0.2, 0.25) is 0 Å². The van der Waals surface area contributed by atoms with Crippen LogP contribution in [0.5, 0.6) is 0 Å². The summed E-state index contributed by atoms with van der Waals surface area (Å²) in [5.41, 5.74) is 0.460. The van der Waals surface area contributed by atoms with Crippen LogP contribution in [0.1, 0.15) is 31.2 Å². The zero-order valence-corrected chi connectivity index (χ0v) is 9.13. The Morgan fingerprint density at radius 2 is 1.81 bits per heavy atom. The van der Waals surface area contributed by atoms with Gasteiger partial charge in [0.15, 0.2) is 0 Å². The predicted molar refractivity (Wildman–Crippen MR) is 58.0 cm³/mol. The van der Waals surface area contributed by atoms with Gasteiger partial charge in [0, 0.05) is 0 Å². The van der Waals surface area contributed by atoms with Crippen molar-refractivity contribution in [2.75, 3.05) is 0 Å². The summed E-state index contributed by atoms with van der Waals surface area (Å²) < 4.78 is 26.3. The van der Waals surface area contributed by atoms with Crippen molar-refractivity contribution in [3.8, 4) is 0 Å². The number of aliphatic hydroxyl groups is 1. The first kappa shape index (κ1) is 11.5. The van der Waals surface area contributed by atoms with E-state index in [0.29, 0.717) is 17.9 Å². The Balaban J connectivity index is 2.00. The maximum atomic E-state index is 13.4. The molecule has 2 rings (SSSR count). The van der Waals surface area contributed by atoms with Crippen LogP contribution < -0.4 is 0 Å². The maximum Gasteiger partial charge on any atom is 0.126 e. The van der Waals surface area contributed by atoms with Gasteiger partial charge in [-0.25, -0.2) is 8.78 Å². The second-order valence-electron chi connectivity index (χ2n) is 4.61. The second kappa shape index (κ2) is 4.91. The zero-order chi connectivity index (χ0) is 11.5. The van der Waals surface area contributed by atoms with Gasteiger partial charge in [0.1, 0.15) is 11.6 Å². The minimum atomic E-state index is -0.382. The largest absolute Gasteiger partial charge is 0.393 e. The number of hydrogen-bond acceptors (Lipinski definition) is 1. The highest BCUT2D eigenvalue weighted by molar-refractivity contribution is 5.19. The molecular formula is C13H16F2O. The molecule has 0 amide bonds. The van der Waals surface area contributed by atoms with Crippen LogP contribution in [0.25, 0.3) is 0 Å². The van der Waals surface area contributed by atoms with Gasteiger partial charge in [-0.05, 0) is 61.8 Å². The fraction of sp³-hybridized carbons (Fsp3) is 0.538. The average Bonchev–Trinajstić information content (AvgIpc) is 2.27. The average molecular weight is 226 g/mol. The lowest BCUT2D eigenvalue weighted by atomic mass is 9.83. The highest BCUT2D eigenvalue weighted by Gasteiger charge is 2.20. The Hall–Kier alpha value is -0.960. The van der Waals surface area contributed by atoms with E-state index in [-0.39, 0.29) is 17.7 Å². The summed E-state index contributed by atoms with van der Waals surface area (Å²) in [4.78, 5) is 0. The first-order chi connectivity index (χ1) is 7.65. The molecule has 16 heavy (non-hydrogen) atoms. The molecule has 0 aromatic heterocycles. The molecule has 0 radical (unpaired) electrons. The lowest BCUT2D eigenvalue weighted by Gasteiger charge is -2.25. The minimum Gasteiger partial charge on any atom is -0.393 e. The predicted octanol–water partition coefficient (Wildman–Crippen LogP) is 3.06. The fourth-order valence-corrected chi connectivity index (χ4v) is 2.36. The van der Waals surface area contributed by atoms with E-state index in [4.69, 9.17) is 0 Å². The molecule has 88 valence electrons. The van der Waals surface area contributed by atoms with E-state index >= 15 is 0 Å². The molecule has 3 heteroatoms. The molecule has 0 aliphatic heterocycles. The third-order valence-electron chi connectivity index (χ3n) is 3.33. The van der Waals surface area contributed by atoms with E-state index in [9.17, 15) is 13.9 Å². The van der Waals surface area contributed by atoms with Crippen LogP contribution in [0.4, 0.5) is 8.78 Å². The summed E-state index contributed by atoms with van der Waals surface area (Å²) in [7, 11) is 0. The van der Waals surface area contributed by atoms with Crippen molar-refractivity contribution in [2.45, 2.75) is 38.2 Å². The monoisotopic (exact) mass is 226 g/mol. The van der Waals surface area contributed by atoms with E-state index in [0.717, 1.165) is 31.7 Å². The van der Waals surface area contributed by atoms with Crippen LogP contribution >= 0.6 is 0 Å². The molecule has 1 aliphatic rings. The van der Waals surface area contributed by atoms with Crippen LogP contribution in [0.15, 0.2) is 18.2 Å². The van der Waals surface area contributed by atoms with Crippen LogP contribution in [0, 0.1) is 17.6 Å². The second-order valence-corrected chi connectivity index (χ2v) is 4.61. The SMILES string of the molecule is OC1CCC(Cc2cc(F)ccc2F)CC1. The first-order valence-electron chi connectivity index (χ1n) is 5.77. The first-order valence-corrected chi connectivity index (χ1v) is 5.77. The van der Waals surface area contributed by atoms with Gasteiger partial charge >= 0.3 is 0 Å². The number of halogens is 2. The molecule has 1 fully saturated rings. The third kappa shape index (κ3) is 2.79. The molecule has 1 aromatic carbocycles. The summed E-state index contributed by atoms with van der Waals surface area (Å²) in [6.45, 7) is 0. The van der Waals surface area contributed by atoms with E-state index in [1.165, 1.54) is 12.1 Å². The molecule has 0 heterocycles. The molecule has 0 saturated heterocycles.